The van der Waals surface area contributed by atoms with Gasteiger partial charge < -0.3 is 10.6 Å². The zero-order valence-electron chi connectivity index (χ0n) is 13.5. The van der Waals surface area contributed by atoms with Gasteiger partial charge in [-0.2, -0.15) is 5.53 Å². The van der Waals surface area contributed by atoms with E-state index in [1.165, 1.54) is 0 Å². The van der Waals surface area contributed by atoms with Crippen molar-refractivity contribution in [1.29, 1.82) is 0 Å². The highest BCUT2D eigenvalue weighted by Gasteiger charge is 2.33. The van der Waals surface area contributed by atoms with E-state index in [9.17, 15) is 4.79 Å². The molecular formula is C17H20ClN5O. The zero-order valence-corrected chi connectivity index (χ0v) is 14.2. The molecule has 0 bridgehead atoms. The van der Waals surface area contributed by atoms with E-state index in [4.69, 9.17) is 11.6 Å². The number of amides is 1. The first kappa shape index (κ1) is 16.7. The van der Waals surface area contributed by atoms with Gasteiger partial charge in [-0.3, -0.25) is 4.79 Å². The maximum Gasteiger partial charge on any atom is 0.246 e. The Labute approximate surface area is 145 Å². The Morgan fingerprint density at radius 3 is 2.38 bits per heavy atom. The number of nitrogens with one attached hydrogen (secondary N) is 5. The van der Waals surface area contributed by atoms with Gasteiger partial charge in [-0.15, -0.1) is 0 Å². The maximum atomic E-state index is 12.7. The molecule has 2 atom stereocenters. The summed E-state index contributed by atoms with van der Waals surface area (Å²) in [6.45, 7) is 3.95. The van der Waals surface area contributed by atoms with E-state index in [-0.39, 0.29) is 12.1 Å². The average molecular weight is 346 g/mol. The third-order valence-corrected chi connectivity index (χ3v) is 4.22. The van der Waals surface area contributed by atoms with Gasteiger partial charge in [0.1, 0.15) is 12.2 Å². The summed E-state index contributed by atoms with van der Waals surface area (Å²) in [7, 11) is 0. The second-order valence-electron chi connectivity index (χ2n) is 5.78. The van der Waals surface area contributed by atoms with Gasteiger partial charge >= 0.3 is 0 Å². The zero-order chi connectivity index (χ0) is 17.1. The highest BCUT2D eigenvalue weighted by molar-refractivity contribution is 6.30. The minimum absolute atomic E-state index is 0.128. The number of hydrogen-bond acceptors (Lipinski definition) is 5. The third kappa shape index (κ3) is 3.68. The molecular weight excluding hydrogens is 326 g/mol. The first-order valence-corrected chi connectivity index (χ1v) is 8.07. The summed E-state index contributed by atoms with van der Waals surface area (Å²) in [5.41, 5.74) is 12.5. The van der Waals surface area contributed by atoms with E-state index in [0.717, 1.165) is 22.5 Å². The topological polar surface area (TPSA) is 77.2 Å². The summed E-state index contributed by atoms with van der Waals surface area (Å²) < 4.78 is 0. The lowest BCUT2D eigenvalue weighted by Crippen LogP contribution is -2.48. The molecule has 7 heteroatoms. The Kier molecular flexibility index (Phi) is 5.01. The Morgan fingerprint density at radius 1 is 1.04 bits per heavy atom. The van der Waals surface area contributed by atoms with Crippen molar-refractivity contribution in [2.45, 2.75) is 26.1 Å². The Morgan fingerprint density at radius 2 is 1.71 bits per heavy atom. The predicted octanol–water partition coefficient (Wildman–Crippen LogP) is 2.31. The molecule has 0 aliphatic carbocycles. The fourth-order valence-electron chi connectivity index (χ4n) is 2.64. The predicted molar refractivity (Wildman–Crippen MR) is 96.6 cm³/mol. The van der Waals surface area contributed by atoms with E-state index in [1.807, 2.05) is 44.2 Å². The molecule has 5 N–H and O–H groups in total. The Balaban J connectivity index is 1.70. The molecule has 0 spiro atoms. The lowest BCUT2D eigenvalue weighted by atomic mass is 10.1. The van der Waals surface area contributed by atoms with Gasteiger partial charge in [-0.1, -0.05) is 29.8 Å². The van der Waals surface area contributed by atoms with Crippen molar-refractivity contribution in [3.63, 3.8) is 0 Å². The van der Waals surface area contributed by atoms with Crippen molar-refractivity contribution in [3.8, 4) is 0 Å². The third-order valence-electron chi connectivity index (χ3n) is 3.97. The number of benzene rings is 2. The van der Waals surface area contributed by atoms with Crippen molar-refractivity contribution in [3.05, 3.63) is 58.6 Å². The number of para-hydroxylation sites is 1. The van der Waals surface area contributed by atoms with Gasteiger partial charge in [0.15, 0.2) is 0 Å². The summed E-state index contributed by atoms with van der Waals surface area (Å²) in [6.07, 6.45) is -0.310. The van der Waals surface area contributed by atoms with Crippen LogP contribution in [0.1, 0.15) is 11.1 Å². The van der Waals surface area contributed by atoms with E-state index >= 15 is 0 Å². The molecule has 0 radical (unpaired) electrons. The van der Waals surface area contributed by atoms with Gasteiger partial charge in [-0.05, 0) is 49.2 Å². The second-order valence-corrected chi connectivity index (χ2v) is 6.21. The molecule has 0 aromatic heterocycles. The summed E-state index contributed by atoms with van der Waals surface area (Å²) in [6, 6.07) is 12.8. The SMILES string of the molecule is Cc1cccc(C)c1NC(=O)C1NNNC1Nc1ccc(Cl)cc1. The van der Waals surface area contributed by atoms with Crippen molar-refractivity contribution in [2.75, 3.05) is 10.6 Å². The van der Waals surface area contributed by atoms with Crippen LogP contribution in [0.2, 0.25) is 5.02 Å². The summed E-state index contributed by atoms with van der Waals surface area (Å²) >= 11 is 5.90. The first-order valence-electron chi connectivity index (χ1n) is 7.70. The average Bonchev–Trinajstić information content (AvgIpc) is 3.01. The van der Waals surface area contributed by atoms with Crippen LogP contribution in [0.25, 0.3) is 0 Å². The Hall–Kier alpha value is -2.12. The molecule has 2 aromatic rings. The molecule has 1 amide bonds. The highest BCUT2D eigenvalue weighted by Crippen LogP contribution is 2.20. The molecule has 1 heterocycles. The van der Waals surface area contributed by atoms with Crippen molar-refractivity contribution >= 4 is 28.9 Å². The van der Waals surface area contributed by atoms with Gasteiger partial charge in [0, 0.05) is 16.4 Å². The van der Waals surface area contributed by atoms with Crippen LogP contribution in [0, 0.1) is 13.8 Å². The van der Waals surface area contributed by atoms with Crippen LogP contribution >= 0.6 is 11.6 Å². The second kappa shape index (κ2) is 7.19. The molecule has 1 aliphatic rings. The summed E-state index contributed by atoms with van der Waals surface area (Å²) in [5, 5.41) is 6.93. The normalized spacial score (nSPS) is 20.0. The summed E-state index contributed by atoms with van der Waals surface area (Å²) in [5.74, 6) is -0.128. The molecule has 2 unspecified atom stereocenters. The minimum atomic E-state index is -0.486. The van der Waals surface area contributed by atoms with Crippen LogP contribution in [-0.4, -0.2) is 18.1 Å². The number of hydrogen-bond donors (Lipinski definition) is 5. The number of anilines is 2. The molecule has 1 saturated heterocycles. The van der Waals surface area contributed by atoms with Gasteiger partial charge in [0.2, 0.25) is 5.91 Å². The monoisotopic (exact) mass is 345 g/mol. The number of halogens is 1. The van der Waals surface area contributed by atoms with Crippen LogP contribution in [0.15, 0.2) is 42.5 Å². The number of carbonyl (C=O) groups excluding carboxylic acids is 1. The van der Waals surface area contributed by atoms with Gasteiger partial charge in [0.05, 0.1) is 0 Å². The van der Waals surface area contributed by atoms with Crippen molar-refractivity contribution in [1.82, 2.24) is 16.4 Å². The van der Waals surface area contributed by atoms with Crippen molar-refractivity contribution in [2.24, 2.45) is 0 Å². The molecule has 2 aromatic carbocycles. The van der Waals surface area contributed by atoms with E-state index in [1.54, 1.807) is 12.1 Å². The van der Waals surface area contributed by atoms with Crippen LogP contribution in [-0.2, 0) is 4.79 Å². The molecule has 1 aliphatic heterocycles. The quantitative estimate of drug-likeness (QED) is 0.588. The minimum Gasteiger partial charge on any atom is -0.367 e. The molecule has 3 rings (SSSR count). The molecule has 126 valence electrons. The van der Waals surface area contributed by atoms with Crippen LogP contribution in [0.4, 0.5) is 11.4 Å². The molecule has 24 heavy (non-hydrogen) atoms. The van der Waals surface area contributed by atoms with Gasteiger partial charge in [0.25, 0.3) is 0 Å². The smallest absolute Gasteiger partial charge is 0.246 e. The molecule has 6 nitrogen and oxygen atoms in total. The number of rotatable bonds is 4. The standard InChI is InChI=1S/C17H20ClN5O/c1-10-4-3-5-11(2)14(10)20-17(24)15-16(22-23-21-15)19-13-8-6-12(18)7-9-13/h3-9,15-16,19,21-23H,1-2H3,(H,20,24). The van der Waals surface area contributed by atoms with E-state index in [0.29, 0.717) is 5.02 Å². The molecule has 0 saturated carbocycles. The van der Waals surface area contributed by atoms with Crippen LogP contribution in [0.5, 0.6) is 0 Å². The van der Waals surface area contributed by atoms with Crippen LogP contribution < -0.4 is 27.0 Å². The van der Waals surface area contributed by atoms with Crippen LogP contribution in [0.3, 0.4) is 0 Å². The first-order chi connectivity index (χ1) is 11.5. The molecule has 1 fully saturated rings. The number of carbonyl (C=O) groups is 1. The Bertz CT molecular complexity index is 714. The fraction of sp³-hybridized carbons (Fsp3) is 0.235. The largest absolute Gasteiger partial charge is 0.367 e. The van der Waals surface area contributed by atoms with Gasteiger partial charge in [-0.25, -0.2) is 10.9 Å². The highest BCUT2D eigenvalue weighted by atomic mass is 35.5. The number of aryl methyl sites for hydroxylation is 2. The van der Waals surface area contributed by atoms with E-state index < -0.39 is 6.04 Å². The lowest BCUT2D eigenvalue weighted by Gasteiger charge is -2.21. The van der Waals surface area contributed by atoms with Crippen molar-refractivity contribution < 1.29 is 4.79 Å². The fourth-order valence-corrected chi connectivity index (χ4v) is 2.76. The van der Waals surface area contributed by atoms with E-state index in [2.05, 4.69) is 27.0 Å². The summed E-state index contributed by atoms with van der Waals surface area (Å²) in [4.78, 5) is 12.7. The maximum absolute atomic E-state index is 12.7. The lowest BCUT2D eigenvalue weighted by molar-refractivity contribution is -0.118. The number of hydrazine groups is 2.